The molecule has 302 valence electrons. The van der Waals surface area contributed by atoms with E-state index in [0.29, 0.717) is 42.6 Å². The van der Waals surface area contributed by atoms with E-state index in [1.54, 1.807) is 31.5 Å². The minimum Gasteiger partial charge on any atom is -0.497 e. The Labute approximate surface area is 340 Å². The Morgan fingerprint density at radius 3 is 2.47 bits per heavy atom. The zero-order valence-electron chi connectivity index (χ0n) is 34.1. The van der Waals surface area contributed by atoms with E-state index in [9.17, 15) is 9.59 Å². The lowest BCUT2D eigenvalue weighted by Gasteiger charge is -2.26. The summed E-state index contributed by atoms with van der Waals surface area (Å²) in [6, 6.07) is 15.9. The maximum Gasteiger partial charge on any atom is 0.275 e. The number of benzene rings is 2. The number of pyridine rings is 1. The van der Waals surface area contributed by atoms with Crippen molar-refractivity contribution >= 4 is 52.9 Å². The number of aromatic nitrogens is 2. The summed E-state index contributed by atoms with van der Waals surface area (Å²) in [7, 11) is 5.19. The van der Waals surface area contributed by atoms with E-state index in [0.717, 1.165) is 83.1 Å². The van der Waals surface area contributed by atoms with Gasteiger partial charge in [-0.15, -0.1) is 0 Å². The number of carbonyl (C=O) groups is 2. The Morgan fingerprint density at radius 2 is 1.81 bits per heavy atom. The van der Waals surface area contributed by atoms with Gasteiger partial charge in [-0.3, -0.25) is 14.6 Å². The van der Waals surface area contributed by atoms with Gasteiger partial charge in [0.05, 0.1) is 36.7 Å². The highest BCUT2D eigenvalue weighted by atomic mass is 32.2. The summed E-state index contributed by atoms with van der Waals surface area (Å²) in [6.07, 6.45) is 12.1. The highest BCUT2D eigenvalue weighted by molar-refractivity contribution is 7.92. The number of anilines is 1. The van der Waals surface area contributed by atoms with Gasteiger partial charge in [-0.25, -0.2) is 9.79 Å². The minimum absolute atomic E-state index is 0.201. The summed E-state index contributed by atoms with van der Waals surface area (Å²) >= 11 is 1.08. The van der Waals surface area contributed by atoms with Gasteiger partial charge >= 0.3 is 0 Å². The number of allylic oxidation sites excluding steroid dienone is 1. The van der Waals surface area contributed by atoms with Crippen molar-refractivity contribution in [3.8, 4) is 17.0 Å². The van der Waals surface area contributed by atoms with Crippen LogP contribution in [0.2, 0.25) is 0 Å². The van der Waals surface area contributed by atoms with Crippen LogP contribution in [0.25, 0.3) is 28.2 Å². The van der Waals surface area contributed by atoms with Crippen LogP contribution in [0.15, 0.2) is 77.8 Å². The fourth-order valence-corrected chi connectivity index (χ4v) is 8.05. The smallest absolute Gasteiger partial charge is 0.275 e. The number of fused-ring (bicyclic) bond motifs is 5. The zero-order chi connectivity index (χ0) is 40.6. The molecule has 0 radical (unpaired) electrons. The van der Waals surface area contributed by atoms with Gasteiger partial charge in [0.2, 0.25) is 0 Å². The molecule has 0 saturated heterocycles. The van der Waals surface area contributed by atoms with Crippen molar-refractivity contribution in [3.63, 3.8) is 0 Å². The molecule has 1 fully saturated rings. The van der Waals surface area contributed by atoms with Crippen LogP contribution in [0.1, 0.15) is 87.2 Å². The Morgan fingerprint density at radius 1 is 1.05 bits per heavy atom. The predicted octanol–water partition coefficient (Wildman–Crippen LogP) is 8.62. The second-order valence-corrected chi connectivity index (χ2v) is 15.8. The summed E-state index contributed by atoms with van der Waals surface area (Å²) in [5.74, 6) is 0.385. The molecule has 2 aromatic carbocycles. The summed E-state index contributed by atoms with van der Waals surface area (Å²) in [6.45, 7) is 9.07. The Balaban J connectivity index is 1.58. The molecule has 1 atom stereocenters. The van der Waals surface area contributed by atoms with Gasteiger partial charge in [0.1, 0.15) is 18.0 Å². The normalized spacial score (nSPS) is 15.3. The third-order valence-corrected chi connectivity index (χ3v) is 11.8. The van der Waals surface area contributed by atoms with Gasteiger partial charge < -0.3 is 29.7 Å². The number of rotatable bonds is 16. The lowest BCUT2D eigenvalue weighted by molar-refractivity contribution is -0.127. The highest BCUT2D eigenvalue weighted by Gasteiger charge is 2.32. The molecule has 12 nitrogen and oxygen atoms in total. The number of nitrogens with one attached hydrogen (secondary N) is 3. The number of hydroxylamine groups is 1. The van der Waals surface area contributed by atoms with Crippen molar-refractivity contribution < 1.29 is 23.3 Å². The van der Waals surface area contributed by atoms with E-state index >= 15 is 0 Å². The molecule has 4 aromatic rings. The first-order chi connectivity index (χ1) is 27.6. The number of nitrogens with zero attached hydrogens (tertiary/aromatic N) is 4. The van der Waals surface area contributed by atoms with Crippen molar-refractivity contribution in [1.82, 2.24) is 24.2 Å². The van der Waals surface area contributed by atoms with Crippen LogP contribution < -0.4 is 15.5 Å². The first kappa shape index (κ1) is 41.7. The van der Waals surface area contributed by atoms with Crippen molar-refractivity contribution in [3.05, 3.63) is 94.5 Å². The molecule has 1 saturated carbocycles. The number of likely N-dealkylation sites (N-methyl/N-ethyl adjacent to an activating group) is 1. The Kier molecular flexibility index (Phi) is 13.9. The average molecular weight is 794 g/mol. The predicted molar refractivity (Wildman–Crippen MR) is 229 cm³/mol. The number of amides is 2. The van der Waals surface area contributed by atoms with E-state index < -0.39 is 0 Å². The van der Waals surface area contributed by atoms with Crippen LogP contribution in [0.5, 0.6) is 5.75 Å². The maximum absolute atomic E-state index is 14.5. The number of hydrogen-bond acceptors (Lipinski definition) is 10. The SMILES string of the molecule is CCN(C[C@@H](C)OC)C(=O)/C(C=N)=C(/Nc1ccncc1)C1=Cc2cc(OC)ccc2-c2c(C3CCCCC3)c3ccc(C(=O)NOSN(C)C(C)C)cc3n2C1. The van der Waals surface area contributed by atoms with Crippen LogP contribution in [0, 0.1) is 5.41 Å². The quantitative estimate of drug-likeness (QED) is 0.0335. The van der Waals surface area contributed by atoms with Crippen LogP contribution in [-0.4, -0.2) is 83.3 Å². The Hall–Kier alpha value is -4.95. The van der Waals surface area contributed by atoms with Crippen molar-refractivity contribution in [2.24, 2.45) is 0 Å². The first-order valence-corrected chi connectivity index (χ1v) is 20.4. The monoisotopic (exact) mass is 793 g/mol. The summed E-state index contributed by atoms with van der Waals surface area (Å²) < 4.78 is 21.0. The lowest BCUT2D eigenvalue weighted by atomic mass is 9.81. The lowest BCUT2D eigenvalue weighted by Crippen LogP contribution is -2.39. The van der Waals surface area contributed by atoms with Crippen LogP contribution in [0.3, 0.4) is 0 Å². The average Bonchev–Trinajstić information content (AvgIpc) is 3.45. The first-order valence-electron chi connectivity index (χ1n) is 19.7. The molecule has 0 spiro atoms. The topological polar surface area (TPSA) is 134 Å². The Bertz CT molecular complexity index is 2140. The molecule has 2 aromatic heterocycles. The molecule has 0 unspecified atom stereocenters. The largest absolute Gasteiger partial charge is 0.497 e. The molecule has 13 heteroatoms. The number of hydrogen-bond donors (Lipinski definition) is 3. The van der Waals surface area contributed by atoms with E-state index in [2.05, 4.69) is 38.6 Å². The molecule has 2 amide bonds. The maximum atomic E-state index is 14.5. The van der Waals surface area contributed by atoms with Crippen LogP contribution in [-0.2, 0) is 20.4 Å². The van der Waals surface area contributed by atoms with Gasteiger partial charge in [-0.05, 0) is 119 Å². The van der Waals surface area contributed by atoms with Gasteiger partial charge in [-0.2, -0.15) is 4.28 Å². The van der Waals surface area contributed by atoms with Crippen LogP contribution >= 0.6 is 12.2 Å². The summed E-state index contributed by atoms with van der Waals surface area (Å²) in [5.41, 5.74) is 10.5. The van der Waals surface area contributed by atoms with Crippen molar-refractivity contribution in [1.29, 1.82) is 5.41 Å². The molecule has 1 aliphatic heterocycles. The standard InChI is InChI=1S/C44H55N7O5S/c1-8-50(26-29(4)54-6)44(53)38(25-45)41(47-34-18-20-46-21-19-34)33-22-32-23-35(55-7)15-17-36(32)42-40(30-12-10-9-11-13-30)37-16-14-31(24-39(37)51(42)27-33)43(52)48-56-57-49(5)28(2)3/h14-25,28-30,45H,8-13,26-27H2,1-7H3,(H,46,47)(H,48,52)/b41-38+,45-25?/t29-/m1/s1. The zero-order valence-corrected chi connectivity index (χ0v) is 34.9. The van der Waals surface area contributed by atoms with Gasteiger partial charge in [0.25, 0.3) is 11.8 Å². The molecule has 2 aliphatic rings. The van der Waals surface area contributed by atoms with Crippen LogP contribution in [0.4, 0.5) is 5.69 Å². The molecular weight excluding hydrogens is 739 g/mol. The van der Waals surface area contributed by atoms with E-state index in [1.807, 2.05) is 75.4 Å². The molecular formula is C44H55N7O5S. The summed E-state index contributed by atoms with van der Waals surface area (Å²) in [5, 5.41) is 13.4. The molecule has 3 heterocycles. The van der Waals surface area contributed by atoms with Gasteiger partial charge in [0, 0.05) is 72.6 Å². The fraction of sp³-hybridized carbons (Fsp3) is 0.409. The molecule has 1 aliphatic carbocycles. The molecule has 6 rings (SSSR count). The van der Waals surface area contributed by atoms with E-state index in [1.165, 1.54) is 12.0 Å². The molecule has 57 heavy (non-hydrogen) atoms. The van der Waals surface area contributed by atoms with Crippen molar-refractivity contribution in [2.75, 3.05) is 39.7 Å². The van der Waals surface area contributed by atoms with E-state index in [-0.39, 0.29) is 29.5 Å². The second kappa shape index (κ2) is 19.0. The molecule has 3 N–H and O–H groups in total. The molecule has 0 bridgehead atoms. The number of methoxy groups -OCH3 is 2. The highest BCUT2D eigenvalue weighted by Crippen LogP contribution is 2.47. The van der Waals surface area contributed by atoms with E-state index in [4.69, 9.17) is 19.2 Å². The second-order valence-electron chi connectivity index (χ2n) is 15.0. The number of carbonyl (C=O) groups excluding carboxylic acids is 2. The third kappa shape index (κ3) is 9.28. The van der Waals surface area contributed by atoms with Gasteiger partial charge in [-0.1, -0.05) is 25.3 Å². The van der Waals surface area contributed by atoms with Crippen molar-refractivity contribution in [2.45, 2.75) is 84.4 Å². The number of ether oxygens (including phenoxy) is 2. The van der Waals surface area contributed by atoms with Gasteiger partial charge in [0.15, 0.2) is 0 Å². The minimum atomic E-state index is -0.354. The third-order valence-electron chi connectivity index (χ3n) is 11.0. The summed E-state index contributed by atoms with van der Waals surface area (Å²) in [4.78, 5) is 34.1. The fourth-order valence-electron chi connectivity index (χ4n) is 7.65.